The van der Waals surface area contributed by atoms with Crippen molar-refractivity contribution in [2.24, 2.45) is 17.8 Å². The predicted octanol–water partition coefficient (Wildman–Crippen LogP) is 3.27. The molecule has 0 bridgehead atoms. The van der Waals surface area contributed by atoms with Crippen molar-refractivity contribution in [2.75, 3.05) is 30.9 Å². The van der Waals surface area contributed by atoms with Gasteiger partial charge in [-0.25, -0.2) is 23.4 Å². The molecule has 2 aliphatic rings. The smallest absolute Gasteiger partial charge is 0.225 e. The van der Waals surface area contributed by atoms with Crippen molar-refractivity contribution in [3.63, 3.8) is 0 Å². The number of piperidine rings is 1. The van der Waals surface area contributed by atoms with Crippen molar-refractivity contribution in [1.29, 1.82) is 0 Å². The topological polar surface area (TPSA) is 85.3 Å². The highest BCUT2D eigenvalue weighted by molar-refractivity contribution is 7.90. The standard InChI is InChI=1S/C24H26N4O3S/c1-3-16-10-26-24(27-11-16)28-13-20-21(14-28)22(20)15-31-23-9-6-18(12-25-23)17-4-7-19(8-5-17)32(2,29)30/h4-12,20-22H,3,13-15H2,1-2H3/t20-,21+,22+. The summed E-state index contributed by atoms with van der Waals surface area (Å²) in [4.78, 5) is 16.0. The van der Waals surface area contributed by atoms with Crippen LogP contribution in [-0.2, 0) is 16.3 Å². The average molecular weight is 451 g/mol. The highest BCUT2D eigenvalue weighted by Crippen LogP contribution is 2.52. The Morgan fingerprint density at radius 3 is 2.16 bits per heavy atom. The third kappa shape index (κ3) is 4.19. The molecule has 3 aromatic rings. The number of hydrogen-bond donors (Lipinski definition) is 0. The van der Waals surface area contributed by atoms with Crippen molar-refractivity contribution in [2.45, 2.75) is 18.2 Å². The molecule has 0 spiro atoms. The largest absolute Gasteiger partial charge is 0.477 e. The first-order valence-corrected chi connectivity index (χ1v) is 12.8. The van der Waals surface area contributed by atoms with Gasteiger partial charge in [0.15, 0.2) is 9.84 Å². The van der Waals surface area contributed by atoms with E-state index in [2.05, 4.69) is 26.8 Å². The van der Waals surface area contributed by atoms with Crippen LogP contribution in [0.5, 0.6) is 5.88 Å². The van der Waals surface area contributed by atoms with Crippen LogP contribution in [0.25, 0.3) is 11.1 Å². The van der Waals surface area contributed by atoms with Crippen molar-refractivity contribution in [3.8, 4) is 17.0 Å². The van der Waals surface area contributed by atoms with Crippen molar-refractivity contribution in [3.05, 3.63) is 60.6 Å². The van der Waals surface area contributed by atoms with E-state index < -0.39 is 9.84 Å². The number of nitrogens with zero attached hydrogens (tertiary/aromatic N) is 4. The van der Waals surface area contributed by atoms with Crippen LogP contribution in [-0.4, -0.2) is 49.3 Å². The number of aryl methyl sites for hydroxylation is 1. The number of aromatic nitrogens is 3. The fourth-order valence-electron chi connectivity index (χ4n) is 4.47. The maximum atomic E-state index is 11.6. The summed E-state index contributed by atoms with van der Waals surface area (Å²) in [7, 11) is -3.19. The molecule has 2 aromatic heterocycles. The highest BCUT2D eigenvalue weighted by atomic mass is 32.2. The number of pyridine rings is 1. The minimum absolute atomic E-state index is 0.312. The Hall–Kier alpha value is -3.00. The van der Waals surface area contributed by atoms with Gasteiger partial charge in [-0.1, -0.05) is 19.1 Å². The first-order chi connectivity index (χ1) is 15.4. The maximum Gasteiger partial charge on any atom is 0.225 e. The van der Waals surface area contributed by atoms with Gasteiger partial charge in [0.2, 0.25) is 11.8 Å². The number of anilines is 1. The lowest BCUT2D eigenvalue weighted by Gasteiger charge is -2.19. The minimum Gasteiger partial charge on any atom is -0.477 e. The highest BCUT2D eigenvalue weighted by Gasteiger charge is 2.56. The monoisotopic (exact) mass is 450 g/mol. The van der Waals surface area contributed by atoms with Gasteiger partial charge >= 0.3 is 0 Å². The second-order valence-corrected chi connectivity index (χ2v) is 10.6. The van der Waals surface area contributed by atoms with Crippen LogP contribution in [0.2, 0.25) is 0 Å². The van der Waals surface area contributed by atoms with E-state index in [1.165, 1.54) is 6.26 Å². The lowest BCUT2D eigenvalue weighted by atomic mass is 10.1. The summed E-state index contributed by atoms with van der Waals surface area (Å²) in [6.45, 7) is 4.75. The molecule has 1 saturated carbocycles. The Labute approximate surface area is 188 Å². The molecule has 1 saturated heterocycles. The van der Waals surface area contributed by atoms with Crippen LogP contribution >= 0.6 is 0 Å². The Bertz CT molecular complexity index is 1180. The summed E-state index contributed by atoms with van der Waals surface area (Å²) in [6, 6.07) is 10.6. The average Bonchev–Trinajstić information content (AvgIpc) is 3.26. The Morgan fingerprint density at radius 1 is 0.938 bits per heavy atom. The molecule has 0 N–H and O–H groups in total. The van der Waals surface area contributed by atoms with Crippen molar-refractivity contribution >= 4 is 15.8 Å². The molecular weight excluding hydrogens is 424 g/mol. The SMILES string of the molecule is CCc1cnc(N2C[C@@H]3[C@@H](COc4ccc(-c5ccc(S(C)(=O)=O)cc5)cn4)[C@@H]3C2)nc1. The molecule has 1 aromatic carbocycles. The van der Waals surface area contributed by atoms with Crippen molar-refractivity contribution < 1.29 is 13.2 Å². The second kappa shape index (κ2) is 8.16. The summed E-state index contributed by atoms with van der Waals surface area (Å²) in [5, 5.41) is 0. The van der Waals surface area contributed by atoms with Gasteiger partial charge in [0.1, 0.15) is 0 Å². The number of hydrogen-bond acceptors (Lipinski definition) is 7. The Kier molecular flexibility index (Phi) is 5.33. The summed E-state index contributed by atoms with van der Waals surface area (Å²) in [6.07, 6.45) is 7.76. The lowest BCUT2D eigenvalue weighted by Crippen LogP contribution is -2.27. The number of ether oxygens (including phenoxy) is 1. The third-order valence-electron chi connectivity index (χ3n) is 6.53. The molecule has 0 unspecified atom stereocenters. The first kappa shape index (κ1) is 20.9. The van der Waals surface area contributed by atoms with Crippen LogP contribution in [0.1, 0.15) is 12.5 Å². The summed E-state index contributed by atoms with van der Waals surface area (Å²) in [5.74, 6) is 3.28. The van der Waals surface area contributed by atoms with E-state index in [4.69, 9.17) is 4.74 Å². The van der Waals surface area contributed by atoms with Crippen LogP contribution in [0.4, 0.5) is 5.95 Å². The number of fused-ring (bicyclic) bond motifs is 1. The zero-order valence-electron chi connectivity index (χ0n) is 18.2. The van der Waals surface area contributed by atoms with Gasteiger partial charge < -0.3 is 9.64 Å². The van der Waals surface area contributed by atoms with E-state index in [1.807, 2.05) is 24.5 Å². The molecule has 7 nitrogen and oxygen atoms in total. The summed E-state index contributed by atoms with van der Waals surface area (Å²) < 4.78 is 29.2. The molecule has 8 heteroatoms. The molecule has 5 rings (SSSR count). The van der Waals surface area contributed by atoms with E-state index in [0.29, 0.717) is 35.1 Å². The quantitative estimate of drug-likeness (QED) is 0.546. The van der Waals surface area contributed by atoms with E-state index >= 15 is 0 Å². The molecule has 0 radical (unpaired) electrons. The van der Waals surface area contributed by atoms with Crippen LogP contribution in [0, 0.1) is 17.8 Å². The van der Waals surface area contributed by atoms with E-state index in [0.717, 1.165) is 42.1 Å². The van der Waals surface area contributed by atoms with Gasteiger partial charge in [-0.3, -0.25) is 0 Å². The fourth-order valence-corrected chi connectivity index (χ4v) is 5.10. The Balaban J connectivity index is 1.13. The summed E-state index contributed by atoms with van der Waals surface area (Å²) in [5.41, 5.74) is 3.00. The van der Waals surface area contributed by atoms with Gasteiger partial charge in [0.25, 0.3) is 0 Å². The number of sulfone groups is 1. The number of benzene rings is 1. The van der Waals surface area contributed by atoms with Gasteiger partial charge in [0, 0.05) is 55.5 Å². The lowest BCUT2D eigenvalue weighted by molar-refractivity contribution is 0.273. The molecule has 3 heterocycles. The summed E-state index contributed by atoms with van der Waals surface area (Å²) >= 11 is 0. The fraction of sp³-hybridized carbons (Fsp3) is 0.375. The zero-order chi connectivity index (χ0) is 22.3. The zero-order valence-corrected chi connectivity index (χ0v) is 19.0. The molecular formula is C24H26N4O3S. The molecule has 3 atom stereocenters. The van der Waals surface area contributed by atoms with Crippen LogP contribution in [0.15, 0.2) is 59.9 Å². The predicted molar refractivity (Wildman–Crippen MR) is 122 cm³/mol. The van der Waals surface area contributed by atoms with Gasteiger partial charge in [-0.05, 0) is 47.6 Å². The molecule has 2 fully saturated rings. The van der Waals surface area contributed by atoms with Crippen LogP contribution in [0.3, 0.4) is 0 Å². The van der Waals surface area contributed by atoms with Gasteiger partial charge in [0.05, 0.1) is 11.5 Å². The molecule has 32 heavy (non-hydrogen) atoms. The van der Waals surface area contributed by atoms with Crippen molar-refractivity contribution in [1.82, 2.24) is 15.0 Å². The molecule has 1 aliphatic carbocycles. The Morgan fingerprint density at radius 2 is 1.59 bits per heavy atom. The molecule has 0 amide bonds. The first-order valence-electron chi connectivity index (χ1n) is 10.9. The van der Waals surface area contributed by atoms with Crippen LogP contribution < -0.4 is 9.64 Å². The molecule has 1 aliphatic heterocycles. The number of rotatable bonds is 7. The van der Waals surface area contributed by atoms with E-state index in [9.17, 15) is 8.42 Å². The second-order valence-electron chi connectivity index (χ2n) is 8.63. The van der Waals surface area contributed by atoms with Gasteiger partial charge in [-0.15, -0.1) is 0 Å². The minimum atomic E-state index is -3.19. The normalized spacial score (nSPS) is 21.9. The van der Waals surface area contributed by atoms with Gasteiger partial charge in [-0.2, -0.15) is 0 Å². The maximum absolute atomic E-state index is 11.6. The van der Waals surface area contributed by atoms with E-state index in [1.54, 1.807) is 30.5 Å². The third-order valence-corrected chi connectivity index (χ3v) is 7.66. The van der Waals surface area contributed by atoms with E-state index in [-0.39, 0.29) is 0 Å². The molecule has 166 valence electrons.